The van der Waals surface area contributed by atoms with Gasteiger partial charge in [0.15, 0.2) is 8.32 Å². The van der Waals surface area contributed by atoms with Crippen molar-refractivity contribution in [2.75, 3.05) is 25.6 Å². The molecule has 45 heavy (non-hydrogen) atoms. The lowest BCUT2D eigenvalue weighted by Gasteiger charge is -2.36. The highest BCUT2D eigenvalue weighted by Crippen LogP contribution is 2.64. The summed E-state index contributed by atoms with van der Waals surface area (Å²) in [6, 6.07) is 17.7. The van der Waals surface area contributed by atoms with Crippen molar-refractivity contribution in [2.45, 2.75) is 104 Å². The van der Waals surface area contributed by atoms with E-state index in [1.807, 2.05) is 0 Å². The highest BCUT2D eigenvalue weighted by atomic mass is 28.4. The lowest BCUT2D eigenvalue weighted by atomic mass is 9.87. The second-order valence-electron chi connectivity index (χ2n) is 15.0. The van der Waals surface area contributed by atoms with E-state index in [9.17, 15) is 4.79 Å². The predicted molar refractivity (Wildman–Crippen MR) is 188 cm³/mol. The molecule has 2 aliphatic carbocycles. The molecular weight excluding hydrogens is 575 g/mol. The van der Waals surface area contributed by atoms with Crippen LogP contribution in [0.5, 0.6) is 5.75 Å². The first-order chi connectivity index (χ1) is 21.2. The molecule has 1 spiro atoms. The van der Waals surface area contributed by atoms with Gasteiger partial charge >= 0.3 is 5.97 Å². The van der Waals surface area contributed by atoms with Gasteiger partial charge in [0.2, 0.25) is 0 Å². The Morgan fingerprint density at radius 3 is 2.36 bits per heavy atom. The lowest BCUT2D eigenvalue weighted by Crippen LogP contribution is -2.41. The Kier molecular flexibility index (Phi) is 9.58. The minimum absolute atomic E-state index is 0.105. The minimum Gasteiger partial charge on any atom is -0.493 e. The summed E-state index contributed by atoms with van der Waals surface area (Å²) < 4.78 is 17.5. The number of carbonyl (C=O) groups excluding carboxylic acids is 1. The van der Waals surface area contributed by atoms with Gasteiger partial charge in [0.1, 0.15) is 5.75 Å². The Hall–Kier alpha value is -3.09. The third-order valence-corrected chi connectivity index (χ3v) is 15.4. The number of rotatable bonds is 12. The number of hydrogen-bond donors (Lipinski definition) is 1. The molecule has 5 nitrogen and oxygen atoms in total. The van der Waals surface area contributed by atoms with Gasteiger partial charge in [0.25, 0.3) is 0 Å². The van der Waals surface area contributed by atoms with Gasteiger partial charge in [-0.15, -0.1) is 0 Å². The molecule has 0 bridgehead atoms. The molecule has 3 aromatic carbocycles. The first-order valence-corrected chi connectivity index (χ1v) is 19.6. The number of hydrogen-bond acceptors (Lipinski definition) is 5. The third kappa shape index (κ3) is 7.17. The van der Waals surface area contributed by atoms with Gasteiger partial charge in [-0.2, -0.15) is 0 Å². The molecular formula is C39H53NO4Si. The lowest BCUT2D eigenvalue weighted by molar-refractivity contribution is -0.141. The van der Waals surface area contributed by atoms with E-state index in [1.165, 1.54) is 64.5 Å². The molecule has 0 aromatic heterocycles. The molecule has 1 unspecified atom stereocenters. The normalized spacial score (nSPS) is 16.9. The van der Waals surface area contributed by atoms with Crippen LogP contribution in [0.1, 0.15) is 85.8 Å². The highest BCUT2D eigenvalue weighted by Gasteiger charge is 2.54. The number of benzene rings is 3. The second kappa shape index (κ2) is 13.0. The SMILES string of the molecule is COC(=O)CC1c2ccc(NCc3cccc(-c4c(C)cc(OCCCO[Si](C)(C)C(C)(C)C)cc4C)c3C)cc2CC12CC2. The van der Waals surface area contributed by atoms with Crippen LogP contribution in [0.15, 0.2) is 48.5 Å². The number of methoxy groups -OCH3 is 1. The van der Waals surface area contributed by atoms with Gasteiger partial charge < -0.3 is 19.2 Å². The van der Waals surface area contributed by atoms with Crippen LogP contribution in [0, 0.1) is 26.2 Å². The number of nitrogens with one attached hydrogen (secondary N) is 1. The average molecular weight is 628 g/mol. The zero-order valence-electron chi connectivity index (χ0n) is 29.0. The van der Waals surface area contributed by atoms with E-state index in [0.717, 1.165) is 37.4 Å². The van der Waals surface area contributed by atoms with E-state index in [-0.39, 0.29) is 22.3 Å². The van der Waals surface area contributed by atoms with Crippen molar-refractivity contribution in [1.29, 1.82) is 0 Å². The summed E-state index contributed by atoms with van der Waals surface area (Å²) in [5.41, 5.74) is 11.7. The van der Waals surface area contributed by atoms with Crippen molar-refractivity contribution < 1.29 is 18.7 Å². The Morgan fingerprint density at radius 1 is 1.00 bits per heavy atom. The van der Waals surface area contributed by atoms with Crippen LogP contribution in [0.4, 0.5) is 5.69 Å². The summed E-state index contributed by atoms with van der Waals surface area (Å²) >= 11 is 0. The molecule has 0 aliphatic heterocycles. The Balaban J connectivity index is 1.22. The summed E-state index contributed by atoms with van der Waals surface area (Å²) in [6.07, 6.45) is 4.85. The quantitative estimate of drug-likeness (QED) is 0.123. The van der Waals surface area contributed by atoms with Crippen LogP contribution in [-0.2, 0) is 26.9 Å². The zero-order valence-corrected chi connectivity index (χ0v) is 30.0. The maximum atomic E-state index is 12.1. The standard InChI is InChI=1S/C39H53NO4Si/c1-26-20-32(43-18-11-19-44-45(8,9)38(4,5)6)21-27(2)37(26)33-13-10-12-29(28(33)3)25-40-31-14-15-34-30(22-31)24-39(16-17-39)35(34)23-36(41)42-7/h10,12-15,20-22,35,40H,11,16-19,23-25H2,1-9H3. The number of anilines is 1. The molecule has 2 aliphatic rings. The fourth-order valence-electron chi connectivity index (χ4n) is 6.87. The molecule has 242 valence electrons. The first kappa shape index (κ1) is 33.3. The van der Waals surface area contributed by atoms with Crippen LogP contribution in [0.25, 0.3) is 11.1 Å². The minimum atomic E-state index is -1.72. The molecule has 1 N–H and O–H groups in total. The Labute approximate surface area is 272 Å². The summed E-state index contributed by atoms with van der Waals surface area (Å²) in [4.78, 5) is 12.1. The van der Waals surface area contributed by atoms with Crippen molar-refractivity contribution >= 4 is 20.0 Å². The van der Waals surface area contributed by atoms with Crippen LogP contribution in [0.2, 0.25) is 18.1 Å². The van der Waals surface area contributed by atoms with Gasteiger partial charge in [-0.25, -0.2) is 0 Å². The van der Waals surface area contributed by atoms with E-state index < -0.39 is 8.32 Å². The van der Waals surface area contributed by atoms with Crippen molar-refractivity contribution in [3.8, 4) is 16.9 Å². The first-order valence-electron chi connectivity index (χ1n) is 16.6. The third-order valence-electron chi connectivity index (χ3n) is 10.8. The molecule has 5 rings (SSSR count). The zero-order chi connectivity index (χ0) is 32.6. The molecule has 1 fully saturated rings. The monoisotopic (exact) mass is 627 g/mol. The van der Waals surface area contributed by atoms with Crippen LogP contribution >= 0.6 is 0 Å². The van der Waals surface area contributed by atoms with Gasteiger partial charge in [-0.3, -0.25) is 4.79 Å². The number of ether oxygens (including phenoxy) is 2. The number of fused-ring (bicyclic) bond motifs is 1. The van der Waals surface area contributed by atoms with Crippen LogP contribution in [0.3, 0.4) is 0 Å². The predicted octanol–water partition coefficient (Wildman–Crippen LogP) is 9.66. The fraction of sp³-hybridized carbons (Fsp3) is 0.513. The van der Waals surface area contributed by atoms with E-state index in [2.05, 4.69) is 108 Å². The maximum absolute atomic E-state index is 12.1. The molecule has 6 heteroatoms. The highest BCUT2D eigenvalue weighted by molar-refractivity contribution is 6.74. The molecule has 1 saturated carbocycles. The van der Waals surface area contributed by atoms with Gasteiger partial charge in [-0.1, -0.05) is 45.0 Å². The number of carbonyl (C=O) groups is 1. The smallest absolute Gasteiger partial charge is 0.306 e. The van der Waals surface area contributed by atoms with Crippen molar-refractivity contribution in [3.63, 3.8) is 0 Å². The van der Waals surface area contributed by atoms with Crippen molar-refractivity contribution in [2.24, 2.45) is 5.41 Å². The summed E-state index contributed by atoms with van der Waals surface area (Å²) in [5.74, 6) is 1.11. The van der Waals surface area contributed by atoms with Crippen LogP contribution in [-0.4, -0.2) is 34.6 Å². The average Bonchev–Trinajstić information content (AvgIpc) is 3.68. The number of esters is 1. The summed E-state index contributed by atoms with van der Waals surface area (Å²) in [7, 11) is -0.234. The maximum Gasteiger partial charge on any atom is 0.306 e. The number of aryl methyl sites for hydroxylation is 2. The summed E-state index contributed by atoms with van der Waals surface area (Å²) in [5, 5.41) is 3.92. The second-order valence-corrected chi connectivity index (χ2v) is 19.8. The molecule has 0 saturated heterocycles. The Bertz CT molecular complexity index is 1530. The van der Waals surface area contributed by atoms with E-state index in [0.29, 0.717) is 13.0 Å². The van der Waals surface area contributed by atoms with Crippen LogP contribution < -0.4 is 10.1 Å². The Morgan fingerprint density at radius 2 is 1.71 bits per heavy atom. The van der Waals surface area contributed by atoms with Crippen molar-refractivity contribution in [1.82, 2.24) is 0 Å². The molecule has 0 amide bonds. The van der Waals surface area contributed by atoms with E-state index in [1.54, 1.807) is 0 Å². The molecule has 0 heterocycles. The van der Waals surface area contributed by atoms with Gasteiger partial charge in [0.05, 0.1) is 20.1 Å². The molecule has 0 radical (unpaired) electrons. The van der Waals surface area contributed by atoms with Crippen molar-refractivity contribution in [3.05, 3.63) is 81.9 Å². The van der Waals surface area contributed by atoms with Gasteiger partial charge in [0, 0.05) is 31.2 Å². The summed E-state index contributed by atoms with van der Waals surface area (Å²) in [6.45, 7) is 20.2. The topological polar surface area (TPSA) is 56.8 Å². The fourth-order valence-corrected chi connectivity index (χ4v) is 7.96. The van der Waals surface area contributed by atoms with E-state index in [4.69, 9.17) is 13.9 Å². The molecule has 3 aromatic rings. The van der Waals surface area contributed by atoms with Gasteiger partial charge in [-0.05, 0) is 132 Å². The molecule has 1 atom stereocenters. The van der Waals surface area contributed by atoms with E-state index >= 15 is 0 Å². The largest absolute Gasteiger partial charge is 0.493 e.